The van der Waals surface area contributed by atoms with E-state index >= 15 is 0 Å². The van der Waals surface area contributed by atoms with Gasteiger partial charge in [-0.3, -0.25) is 0 Å². The molecule has 1 heterocycles. The van der Waals surface area contributed by atoms with Crippen molar-refractivity contribution in [2.45, 2.75) is 6.18 Å². The summed E-state index contributed by atoms with van der Waals surface area (Å²) in [6.07, 6.45) is -3.81. The highest BCUT2D eigenvalue weighted by molar-refractivity contribution is 7.86. The molecule has 0 aliphatic rings. The lowest BCUT2D eigenvalue weighted by Gasteiger charge is -2.11. The van der Waals surface area contributed by atoms with E-state index < -0.39 is 27.8 Å². The molecule has 0 fully saturated rings. The number of hydrogen-bond donors (Lipinski definition) is 0. The molecular formula is C18H12F3NO4S. The monoisotopic (exact) mass is 395 g/mol. The molecule has 0 saturated heterocycles. The van der Waals surface area contributed by atoms with Crippen molar-refractivity contribution < 1.29 is 30.6 Å². The summed E-state index contributed by atoms with van der Waals surface area (Å²) in [7, 11) is -4.06. The van der Waals surface area contributed by atoms with Crippen molar-refractivity contribution in [1.29, 1.82) is 0 Å². The minimum Gasteiger partial charge on any atom is -0.341 e. The third-order valence-electron chi connectivity index (χ3n) is 3.65. The average molecular weight is 395 g/mol. The molecule has 140 valence electrons. The Hall–Kier alpha value is -2.94. The maximum atomic E-state index is 13.0. The smallest absolute Gasteiger partial charge is 0.341 e. The standard InChI is InChI=1S/C18H12F3NO4S/c1-27(24,25)26-17(23)14-10-16(22-15-8-3-2-7-13(14)15)11-5-4-6-12(9-11)18(19,20)21/h2-10H,1H3. The van der Waals surface area contributed by atoms with E-state index in [1.807, 2.05) is 0 Å². The number of aromatic nitrogens is 1. The maximum absolute atomic E-state index is 13.0. The number of carbonyl (C=O) groups is 1. The minimum absolute atomic E-state index is 0.0836. The number of pyridine rings is 1. The molecule has 0 aliphatic heterocycles. The Morgan fingerprint density at radius 3 is 2.41 bits per heavy atom. The summed E-state index contributed by atoms with van der Waals surface area (Å²) < 4.78 is 65.9. The van der Waals surface area contributed by atoms with Gasteiger partial charge in [0.2, 0.25) is 0 Å². The molecule has 0 bridgehead atoms. The van der Waals surface area contributed by atoms with Crippen LogP contribution in [0, 0.1) is 0 Å². The first-order valence-corrected chi connectivity index (χ1v) is 9.37. The second-order valence-electron chi connectivity index (χ2n) is 5.73. The number of fused-ring (bicyclic) bond motifs is 1. The maximum Gasteiger partial charge on any atom is 0.416 e. The van der Waals surface area contributed by atoms with E-state index in [0.29, 0.717) is 10.9 Å². The molecule has 9 heteroatoms. The SMILES string of the molecule is CS(=O)(=O)OC(=O)c1cc(-c2cccc(C(F)(F)F)c2)nc2ccccc12. The van der Waals surface area contributed by atoms with Gasteiger partial charge in [0, 0.05) is 10.9 Å². The van der Waals surface area contributed by atoms with E-state index in [-0.39, 0.29) is 16.8 Å². The highest BCUT2D eigenvalue weighted by atomic mass is 32.2. The quantitative estimate of drug-likeness (QED) is 0.626. The van der Waals surface area contributed by atoms with Crippen molar-refractivity contribution in [3.8, 4) is 11.3 Å². The zero-order valence-electron chi connectivity index (χ0n) is 13.8. The van der Waals surface area contributed by atoms with Gasteiger partial charge < -0.3 is 4.18 Å². The second-order valence-corrected chi connectivity index (χ2v) is 7.30. The van der Waals surface area contributed by atoms with Gasteiger partial charge in [0.25, 0.3) is 0 Å². The molecular weight excluding hydrogens is 383 g/mol. The Balaban J connectivity index is 2.20. The molecule has 0 aliphatic carbocycles. The molecule has 0 amide bonds. The third-order valence-corrected chi connectivity index (χ3v) is 4.10. The summed E-state index contributed by atoms with van der Waals surface area (Å²) in [5.74, 6) is -1.13. The summed E-state index contributed by atoms with van der Waals surface area (Å²) in [5.41, 5.74) is -0.453. The highest BCUT2D eigenvalue weighted by Crippen LogP contribution is 2.33. The first kappa shape index (κ1) is 18.8. The van der Waals surface area contributed by atoms with Crippen LogP contribution in [0.5, 0.6) is 0 Å². The molecule has 2 aromatic carbocycles. The summed E-state index contributed by atoms with van der Waals surface area (Å²) in [4.78, 5) is 16.6. The van der Waals surface area contributed by atoms with E-state index in [4.69, 9.17) is 0 Å². The number of alkyl halides is 3. The van der Waals surface area contributed by atoms with Crippen molar-refractivity contribution in [2.24, 2.45) is 0 Å². The lowest BCUT2D eigenvalue weighted by Crippen LogP contribution is -2.12. The van der Waals surface area contributed by atoms with Gasteiger partial charge in [-0.15, -0.1) is 0 Å². The molecule has 0 unspecified atom stereocenters. The van der Waals surface area contributed by atoms with E-state index in [0.717, 1.165) is 18.4 Å². The van der Waals surface area contributed by atoms with Gasteiger partial charge in [-0.1, -0.05) is 30.3 Å². The first-order chi connectivity index (χ1) is 12.5. The van der Waals surface area contributed by atoms with Gasteiger partial charge in [-0.05, 0) is 24.3 Å². The zero-order valence-corrected chi connectivity index (χ0v) is 14.6. The number of rotatable bonds is 3. The van der Waals surface area contributed by atoms with Crippen LogP contribution >= 0.6 is 0 Å². The molecule has 3 rings (SSSR count). The van der Waals surface area contributed by atoms with Gasteiger partial charge in [-0.2, -0.15) is 21.6 Å². The molecule has 0 N–H and O–H groups in total. The largest absolute Gasteiger partial charge is 0.416 e. The number of halogens is 3. The number of nitrogens with zero attached hydrogens (tertiary/aromatic N) is 1. The topological polar surface area (TPSA) is 73.3 Å². The van der Waals surface area contributed by atoms with Gasteiger partial charge in [0.05, 0.1) is 28.6 Å². The van der Waals surface area contributed by atoms with Crippen LogP contribution in [0.4, 0.5) is 13.2 Å². The number of benzene rings is 2. The summed E-state index contributed by atoms with van der Waals surface area (Å²) in [6, 6.07) is 12.0. The summed E-state index contributed by atoms with van der Waals surface area (Å²) >= 11 is 0. The van der Waals surface area contributed by atoms with Crippen LogP contribution in [0.2, 0.25) is 0 Å². The van der Waals surface area contributed by atoms with Crippen LogP contribution in [-0.2, 0) is 20.5 Å². The molecule has 0 saturated carbocycles. The molecule has 0 atom stereocenters. The van der Waals surface area contributed by atoms with E-state index in [9.17, 15) is 26.4 Å². The fourth-order valence-electron chi connectivity index (χ4n) is 2.53. The van der Waals surface area contributed by atoms with Gasteiger partial charge in [-0.25, -0.2) is 9.78 Å². The Kier molecular flexibility index (Phi) is 4.64. The lowest BCUT2D eigenvalue weighted by molar-refractivity contribution is -0.137. The fraction of sp³-hybridized carbons (Fsp3) is 0.111. The fourth-order valence-corrected chi connectivity index (χ4v) is 2.89. The predicted molar refractivity (Wildman–Crippen MR) is 92.4 cm³/mol. The lowest BCUT2D eigenvalue weighted by atomic mass is 10.0. The van der Waals surface area contributed by atoms with Gasteiger partial charge >= 0.3 is 22.3 Å². The van der Waals surface area contributed by atoms with Crippen LogP contribution in [0.15, 0.2) is 54.6 Å². The Morgan fingerprint density at radius 1 is 1.04 bits per heavy atom. The number of carbonyl (C=O) groups excluding carboxylic acids is 1. The Labute approximate surface area is 152 Å². The van der Waals surface area contributed by atoms with Crippen molar-refractivity contribution in [2.75, 3.05) is 6.26 Å². The van der Waals surface area contributed by atoms with Crippen LogP contribution in [0.3, 0.4) is 0 Å². The molecule has 0 spiro atoms. The molecule has 0 radical (unpaired) electrons. The Bertz CT molecular complexity index is 1140. The molecule has 1 aromatic heterocycles. The van der Waals surface area contributed by atoms with Crippen LogP contribution < -0.4 is 0 Å². The summed E-state index contributed by atoms with van der Waals surface area (Å²) in [6.45, 7) is 0. The number of para-hydroxylation sites is 1. The minimum atomic E-state index is -4.54. The van der Waals surface area contributed by atoms with E-state index in [1.165, 1.54) is 24.3 Å². The van der Waals surface area contributed by atoms with Crippen molar-refractivity contribution in [1.82, 2.24) is 4.98 Å². The highest BCUT2D eigenvalue weighted by Gasteiger charge is 2.30. The second kappa shape index (κ2) is 6.66. The van der Waals surface area contributed by atoms with Crippen LogP contribution in [-0.4, -0.2) is 25.6 Å². The summed E-state index contributed by atoms with van der Waals surface area (Å²) in [5, 5.41) is 0.321. The van der Waals surface area contributed by atoms with E-state index in [2.05, 4.69) is 9.17 Å². The van der Waals surface area contributed by atoms with Crippen molar-refractivity contribution in [3.05, 3.63) is 65.7 Å². The van der Waals surface area contributed by atoms with Crippen LogP contribution in [0.1, 0.15) is 15.9 Å². The number of hydrogen-bond acceptors (Lipinski definition) is 5. The molecule has 3 aromatic rings. The molecule has 5 nitrogen and oxygen atoms in total. The van der Waals surface area contributed by atoms with Gasteiger partial charge in [0.1, 0.15) is 0 Å². The zero-order chi connectivity index (χ0) is 19.8. The molecule has 27 heavy (non-hydrogen) atoms. The Morgan fingerprint density at radius 2 is 1.74 bits per heavy atom. The predicted octanol–water partition coefficient (Wildman–Crippen LogP) is 4.04. The normalized spacial score (nSPS) is 12.1. The van der Waals surface area contributed by atoms with Crippen LogP contribution in [0.25, 0.3) is 22.2 Å². The van der Waals surface area contributed by atoms with Gasteiger partial charge in [0.15, 0.2) is 0 Å². The van der Waals surface area contributed by atoms with Crippen molar-refractivity contribution in [3.63, 3.8) is 0 Å². The first-order valence-electron chi connectivity index (χ1n) is 7.56. The van der Waals surface area contributed by atoms with Crippen molar-refractivity contribution >= 4 is 27.0 Å². The average Bonchev–Trinajstić information content (AvgIpc) is 2.58. The third kappa shape index (κ3) is 4.25. The van der Waals surface area contributed by atoms with E-state index in [1.54, 1.807) is 18.2 Å².